The molecule has 0 bridgehead atoms. The van der Waals surface area contributed by atoms with E-state index >= 15 is 0 Å². The summed E-state index contributed by atoms with van der Waals surface area (Å²) >= 11 is 0. The molecule has 0 N–H and O–H groups in total. The van der Waals surface area contributed by atoms with Gasteiger partial charge in [0.15, 0.2) is 0 Å². The van der Waals surface area contributed by atoms with Gasteiger partial charge in [-0.1, -0.05) is 36.4 Å². The highest BCUT2D eigenvalue weighted by Crippen LogP contribution is 2.39. The molecule has 0 atom stereocenters. The fourth-order valence-electron chi connectivity index (χ4n) is 3.70. The number of hydrogen-bond acceptors (Lipinski definition) is 2. The average Bonchev–Trinajstić information content (AvgIpc) is 2.60. The van der Waals surface area contributed by atoms with Crippen molar-refractivity contribution in [2.75, 3.05) is 19.0 Å². The molecule has 0 saturated heterocycles. The highest BCUT2D eigenvalue weighted by Gasteiger charge is 2.15. The van der Waals surface area contributed by atoms with Crippen LogP contribution in [-0.4, -0.2) is 19.1 Å². The predicted octanol–water partition coefficient (Wildman–Crippen LogP) is 5.74. The number of hydrogen-bond donors (Lipinski definition) is 0. The van der Waals surface area contributed by atoms with Crippen LogP contribution in [0.25, 0.3) is 32.9 Å². The van der Waals surface area contributed by atoms with Crippen molar-refractivity contribution >= 4 is 27.5 Å². The summed E-state index contributed by atoms with van der Waals surface area (Å²) < 4.78 is 0. The van der Waals surface area contributed by atoms with Gasteiger partial charge in [0, 0.05) is 36.1 Å². The fraction of sp³-hybridized carbons (Fsp3) is 0.174. The van der Waals surface area contributed by atoms with E-state index in [9.17, 15) is 0 Å². The smallest absolute Gasteiger partial charge is 0.0715 e. The third-order valence-corrected chi connectivity index (χ3v) is 4.87. The molecule has 2 nitrogen and oxygen atoms in total. The molecule has 0 unspecified atom stereocenters. The van der Waals surface area contributed by atoms with Crippen molar-refractivity contribution in [2.24, 2.45) is 0 Å². The predicted molar refractivity (Wildman–Crippen MR) is 108 cm³/mol. The van der Waals surface area contributed by atoms with E-state index in [4.69, 9.17) is 4.98 Å². The first-order valence-corrected chi connectivity index (χ1v) is 8.62. The van der Waals surface area contributed by atoms with Crippen LogP contribution in [0, 0.1) is 13.8 Å². The van der Waals surface area contributed by atoms with Gasteiger partial charge in [0.1, 0.15) is 0 Å². The van der Waals surface area contributed by atoms with Crippen LogP contribution in [-0.2, 0) is 0 Å². The summed E-state index contributed by atoms with van der Waals surface area (Å²) in [5, 5.41) is 2.43. The molecule has 0 aliphatic rings. The highest BCUT2D eigenvalue weighted by atomic mass is 15.1. The molecule has 124 valence electrons. The number of para-hydroxylation sites is 2. The minimum atomic E-state index is 1.05. The second-order valence-corrected chi connectivity index (χ2v) is 6.87. The molecule has 0 aliphatic heterocycles. The van der Waals surface area contributed by atoms with E-state index in [1.807, 2.05) is 0 Å². The standard InChI is InChI=1S/C23H22N2/c1-15-13-17(25(3)4)14-16(2)22(15)23-18-9-5-7-11-20(18)24-21-12-8-6-10-19(21)23/h5-14H,1-4H3. The van der Waals surface area contributed by atoms with Gasteiger partial charge in [0.25, 0.3) is 0 Å². The zero-order valence-electron chi connectivity index (χ0n) is 15.2. The number of fused-ring (bicyclic) bond motifs is 2. The SMILES string of the molecule is Cc1cc(N(C)C)cc(C)c1-c1c2ccccc2nc2ccccc12. The van der Waals surface area contributed by atoms with Crippen molar-refractivity contribution in [1.29, 1.82) is 0 Å². The first kappa shape index (κ1) is 15.6. The zero-order chi connectivity index (χ0) is 17.6. The quantitative estimate of drug-likeness (QED) is 0.437. The third-order valence-electron chi connectivity index (χ3n) is 4.87. The van der Waals surface area contributed by atoms with E-state index in [0.29, 0.717) is 0 Å². The molecule has 0 aliphatic carbocycles. The van der Waals surface area contributed by atoms with Crippen molar-refractivity contribution in [2.45, 2.75) is 13.8 Å². The molecule has 1 aromatic heterocycles. The minimum Gasteiger partial charge on any atom is -0.378 e. The monoisotopic (exact) mass is 326 g/mol. The molecule has 4 rings (SSSR count). The molecule has 25 heavy (non-hydrogen) atoms. The summed E-state index contributed by atoms with van der Waals surface area (Å²) in [7, 11) is 4.18. The number of aromatic nitrogens is 1. The minimum absolute atomic E-state index is 1.05. The van der Waals surface area contributed by atoms with Crippen molar-refractivity contribution in [3.8, 4) is 11.1 Å². The molecule has 4 aromatic rings. The van der Waals surface area contributed by atoms with Crippen LogP contribution in [0.2, 0.25) is 0 Å². The van der Waals surface area contributed by atoms with Crippen molar-refractivity contribution in [3.63, 3.8) is 0 Å². The Morgan fingerprint density at radius 2 is 1.16 bits per heavy atom. The lowest BCUT2D eigenvalue weighted by molar-refractivity contribution is 1.12. The maximum Gasteiger partial charge on any atom is 0.0715 e. The molecular weight excluding hydrogens is 304 g/mol. The maximum absolute atomic E-state index is 4.86. The first-order chi connectivity index (χ1) is 12.1. The lowest BCUT2D eigenvalue weighted by Crippen LogP contribution is -2.09. The summed E-state index contributed by atoms with van der Waals surface area (Å²) in [5.41, 5.74) is 8.54. The average molecular weight is 326 g/mol. The Bertz CT molecular complexity index is 1020. The molecule has 0 fully saturated rings. The van der Waals surface area contributed by atoms with Crippen molar-refractivity contribution in [3.05, 3.63) is 71.8 Å². The van der Waals surface area contributed by atoms with E-state index in [0.717, 1.165) is 11.0 Å². The molecule has 3 aromatic carbocycles. The Labute approximate surface area is 148 Å². The Kier molecular flexibility index (Phi) is 3.69. The third kappa shape index (κ3) is 2.54. The van der Waals surface area contributed by atoms with Gasteiger partial charge in [-0.3, -0.25) is 0 Å². The van der Waals surface area contributed by atoms with Gasteiger partial charge < -0.3 is 4.90 Å². The Hall–Kier alpha value is -2.87. The lowest BCUT2D eigenvalue weighted by Gasteiger charge is -2.20. The lowest BCUT2D eigenvalue weighted by atomic mass is 9.89. The van der Waals surface area contributed by atoms with Crippen LogP contribution in [0.4, 0.5) is 5.69 Å². The Morgan fingerprint density at radius 3 is 1.64 bits per heavy atom. The highest BCUT2D eigenvalue weighted by molar-refractivity contribution is 6.10. The van der Waals surface area contributed by atoms with Gasteiger partial charge in [-0.15, -0.1) is 0 Å². The van der Waals surface area contributed by atoms with E-state index in [1.165, 1.54) is 38.7 Å². The molecule has 0 amide bonds. The van der Waals surface area contributed by atoms with Gasteiger partial charge in [0.2, 0.25) is 0 Å². The second kappa shape index (κ2) is 5.89. The topological polar surface area (TPSA) is 16.1 Å². The molecule has 0 radical (unpaired) electrons. The van der Waals surface area contributed by atoms with Crippen LogP contribution in [0.1, 0.15) is 11.1 Å². The second-order valence-electron chi connectivity index (χ2n) is 6.87. The van der Waals surface area contributed by atoms with Gasteiger partial charge in [-0.05, 0) is 54.8 Å². The first-order valence-electron chi connectivity index (χ1n) is 8.62. The Morgan fingerprint density at radius 1 is 0.680 bits per heavy atom. The van der Waals surface area contributed by atoms with Crippen LogP contribution >= 0.6 is 0 Å². The Balaban J connectivity index is 2.16. The number of nitrogens with zero attached hydrogens (tertiary/aromatic N) is 2. The molecule has 2 heteroatoms. The summed E-state index contributed by atoms with van der Waals surface area (Å²) in [6.07, 6.45) is 0. The van der Waals surface area contributed by atoms with E-state index in [-0.39, 0.29) is 0 Å². The van der Waals surface area contributed by atoms with Crippen LogP contribution in [0.15, 0.2) is 60.7 Å². The maximum atomic E-state index is 4.86. The zero-order valence-corrected chi connectivity index (χ0v) is 15.2. The summed E-state index contributed by atoms with van der Waals surface area (Å²) in [6, 6.07) is 21.4. The van der Waals surface area contributed by atoms with E-state index < -0.39 is 0 Å². The van der Waals surface area contributed by atoms with Gasteiger partial charge in [-0.2, -0.15) is 0 Å². The molecule has 0 spiro atoms. The van der Waals surface area contributed by atoms with Gasteiger partial charge >= 0.3 is 0 Å². The number of pyridine rings is 1. The van der Waals surface area contributed by atoms with Gasteiger partial charge in [-0.25, -0.2) is 4.98 Å². The molecular formula is C23H22N2. The van der Waals surface area contributed by atoms with E-state index in [2.05, 4.69) is 93.5 Å². The summed E-state index contributed by atoms with van der Waals surface area (Å²) in [6.45, 7) is 4.42. The largest absolute Gasteiger partial charge is 0.378 e. The van der Waals surface area contributed by atoms with Gasteiger partial charge in [0.05, 0.1) is 11.0 Å². The molecule has 0 saturated carbocycles. The normalized spacial score (nSPS) is 11.2. The van der Waals surface area contributed by atoms with Crippen molar-refractivity contribution in [1.82, 2.24) is 4.98 Å². The summed E-state index contributed by atoms with van der Waals surface area (Å²) in [4.78, 5) is 7.02. The van der Waals surface area contributed by atoms with Crippen LogP contribution in [0.5, 0.6) is 0 Å². The van der Waals surface area contributed by atoms with Crippen molar-refractivity contribution < 1.29 is 0 Å². The van der Waals surface area contributed by atoms with Crippen LogP contribution < -0.4 is 4.90 Å². The summed E-state index contributed by atoms with van der Waals surface area (Å²) in [5.74, 6) is 0. The van der Waals surface area contributed by atoms with E-state index in [1.54, 1.807) is 0 Å². The number of benzene rings is 3. The van der Waals surface area contributed by atoms with Crippen LogP contribution in [0.3, 0.4) is 0 Å². The number of anilines is 1. The molecule has 1 heterocycles. The number of rotatable bonds is 2. The number of aryl methyl sites for hydroxylation is 2. The fourth-order valence-corrected chi connectivity index (χ4v) is 3.70.